The van der Waals surface area contributed by atoms with E-state index in [9.17, 15) is 4.79 Å². The van der Waals surface area contributed by atoms with E-state index in [1.54, 1.807) is 41.3 Å². The van der Waals surface area contributed by atoms with E-state index in [1.807, 2.05) is 19.9 Å². The molecule has 0 aliphatic heterocycles. The summed E-state index contributed by atoms with van der Waals surface area (Å²) in [6.07, 6.45) is 3.41. The van der Waals surface area contributed by atoms with Gasteiger partial charge in [0.25, 0.3) is 5.91 Å². The molecule has 116 valence electrons. The van der Waals surface area contributed by atoms with Crippen LogP contribution in [0.3, 0.4) is 0 Å². The van der Waals surface area contributed by atoms with E-state index in [-0.39, 0.29) is 16.8 Å². The molecule has 3 heterocycles. The second kappa shape index (κ2) is 6.18. The minimum absolute atomic E-state index is 0.263. The molecule has 0 aromatic carbocycles. The summed E-state index contributed by atoms with van der Waals surface area (Å²) in [5.41, 5.74) is 2.41. The Morgan fingerprint density at radius 2 is 2.04 bits per heavy atom. The number of pyridine rings is 2. The van der Waals surface area contributed by atoms with Gasteiger partial charge < -0.3 is 5.32 Å². The molecule has 23 heavy (non-hydrogen) atoms. The third kappa shape index (κ3) is 3.22. The molecule has 0 aliphatic carbocycles. The minimum Gasteiger partial charge on any atom is -0.318 e. The smallest absolute Gasteiger partial charge is 0.274 e. The summed E-state index contributed by atoms with van der Waals surface area (Å²) in [5.74, 6) is 0.210. The zero-order valence-electron chi connectivity index (χ0n) is 12.6. The van der Waals surface area contributed by atoms with Gasteiger partial charge in [0.05, 0.1) is 5.69 Å². The number of hydrogen-bond donors (Lipinski definition) is 1. The number of amides is 1. The maximum atomic E-state index is 12.4. The van der Waals surface area contributed by atoms with E-state index in [4.69, 9.17) is 11.6 Å². The first-order valence-corrected chi connectivity index (χ1v) is 7.34. The summed E-state index contributed by atoms with van der Waals surface area (Å²) in [6.45, 7) is 3.71. The number of aryl methyl sites for hydroxylation is 2. The molecule has 3 rings (SSSR count). The third-order valence-corrected chi connectivity index (χ3v) is 3.52. The molecule has 0 aliphatic rings. The lowest BCUT2D eigenvalue weighted by Gasteiger charge is -2.11. The van der Waals surface area contributed by atoms with Crippen molar-refractivity contribution in [2.75, 3.05) is 5.32 Å². The Kier molecular flexibility index (Phi) is 4.08. The van der Waals surface area contributed by atoms with Gasteiger partial charge in [0.1, 0.15) is 5.69 Å². The molecule has 0 atom stereocenters. The highest BCUT2D eigenvalue weighted by Crippen LogP contribution is 2.24. The predicted octanol–water partition coefficient (Wildman–Crippen LogP) is 3.18. The van der Waals surface area contributed by atoms with Crippen LogP contribution in [0.4, 0.5) is 5.69 Å². The highest BCUT2D eigenvalue weighted by molar-refractivity contribution is 6.32. The van der Waals surface area contributed by atoms with Crippen molar-refractivity contribution in [1.82, 2.24) is 19.7 Å². The molecule has 3 aromatic rings. The van der Waals surface area contributed by atoms with Crippen molar-refractivity contribution in [2.24, 2.45) is 0 Å². The molecule has 0 bridgehead atoms. The second-order valence-electron chi connectivity index (χ2n) is 5.03. The number of rotatable bonds is 3. The lowest BCUT2D eigenvalue weighted by molar-refractivity contribution is 0.102. The van der Waals surface area contributed by atoms with Gasteiger partial charge in [0.15, 0.2) is 11.0 Å². The molecular formula is C16H14ClN5O. The van der Waals surface area contributed by atoms with Crippen molar-refractivity contribution in [3.63, 3.8) is 0 Å². The van der Waals surface area contributed by atoms with E-state index in [0.717, 1.165) is 11.3 Å². The Bertz CT molecular complexity index is 838. The summed E-state index contributed by atoms with van der Waals surface area (Å²) < 4.78 is 1.59. The molecule has 0 saturated carbocycles. The van der Waals surface area contributed by atoms with Crippen molar-refractivity contribution >= 4 is 23.2 Å². The predicted molar refractivity (Wildman–Crippen MR) is 88.0 cm³/mol. The Morgan fingerprint density at radius 1 is 1.22 bits per heavy atom. The van der Waals surface area contributed by atoms with Gasteiger partial charge in [-0.15, -0.1) is 0 Å². The van der Waals surface area contributed by atoms with Crippen LogP contribution in [0, 0.1) is 13.8 Å². The molecule has 1 amide bonds. The Morgan fingerprint density at radius 3 is 2.74 bits per heavy atom. The largest absolute Gasteiger partial charge is 0.318 e. The number of nitrogens with zero attached hydrogens (tertiary/aromatic N) is 4. The average molecular weight is 328 g/mol. The summed E-state index contributed by atoms with van der Waals surface area (Å²) in [4.78, 5) is 20.9. The minimum atomic E-state index is -0.352. The number of aromatic nitrogens is 4. The van der Waals surface area contributed by atoms with E-state index in [0.29, 0.717) is 11.5 Å². The van der Waals surface area contributed by atoms with Crippen LogP contribution in [0.1, 0.15) is 21.7 Å². The van der Waals surface area contributed by atoms with Crippen LogP contribution < -0.4 is 5.32 Å². The molecule has 3 aromatic heterocycles. The van der Waals surface area contributed by atoms with Gasteiger partial charge in [0, 0.05) is 18.1 Å². The average Bonchev–Trinajstić information content (AvgIpc) is 3.05. The van der Waals surface area contributed by atoms with Crippen LogP contribution in [0.25, 0.3) is 5.82 Å². The van der Waals surface area contributed by atoms with Gasteiger partial charge in [-0.1, -0.05) is 17.7 Å². The quantitative estimate of drug-likeness (QED) is 0.750. The Balaban J connectivity index is 1.89. The molecular weight excluding hydrogens is 314 g/mol. The Labute approximate surface area is 138 Å². The van der Waals surface area contributed by atoms with E-state index >= 15 is 0 Å². The fraction of sp³-hybridized carbons (Fsp3) is 0.125. The van der Waals surface area contributed by atoms with Gasteiger partial charge in [-0.05, 0) is 43.7 Å². The Hall–Kier alpha value is -2.73. The van der Waals surface area contributed by atoms with Crippen LogP contribution in [-0.4, -0.2) is 25.7 Å². The van der Waals surface area contributed by atoms with Gasteiger partial charge in [-0.25, -0.2) is 14.6 Å². The normalized spacial score (nSPS) is 10.6. The van der Waals surface area contributed by atoms with Crippen LogP contribution >= 0.6 is 11.6 Å². The number of hydrogen-bond acceptors (Lipinski definition) is 4. The van der Waals surface area contributed by atoms with Crippen LogP contribution in [-0.2, 0) is 0 Å². The molecule has 6 nitrogen and oxygen atoms in total. The number of anilines is 1. The maximum Gasteiger partial charge on any atom is 0.274 e. The van der Waals surface area contributed by atoms with Crippen LogP contribution in [0.2, 0.25) is 5.15 Å². The zero-order chi connectivity index (χ0) is 16.4. The first-order chi connectivity index (χ1) is 11.0. The van der Waals surface area contributed by atoms with Crippen LogP contribution in [0.15, 0.2) is 42.7 Å². The van der Waals surface area contributed by atoms with Crippen molar-refractivity contribution in [1.29, 1.82) is 0 Å². The van der Waals surface area contributed by atoms with Crippen molar-refractivity contribution in [3.8, 4) is 5.82 Å². The molecule has 0 saturated heterocycles. The van der Waals surface area contributed by atoms with Gasteiger partial charge in [0.2, 0.25) is 0 Å². The SMILES string of the molecule is Cc1cc(C)c(NC(=O)c2cccc(-n3cccn3)n2)c(Cl)n1. The highest BCUT2D eigenvalue weighted by Gasteiger charge is 2.14. The van der Waals surface area contributed by atoms with Gasteiger partial charge >= 0.3 is 0 Å². The van der Waals surface area contributed by atoms with Crippen molar-refractivity contribution in [3.05, 3.63) is 64.8 Å². The van der Waals surface area contributed by atoms with Crippen molar-refractivity contribution in [2.45, 2.75) is 13.8 Å². The van der Waals surface area contributed by atoms with E-state index in [1.165, 1.54) is 0 Å². The summed E-state index contributed by atoms with van der Waals surface area (Å²) in [7, 11) is 0. The lowest BCUT2D eigenvalue weighted by Crippen LogP contribution is -2.16. The highest BCUT2D eigenvalue weighted by atomic mass is 35.5. The fourth-order valence-electron chi connectivity index (χ4n) is 2.20. The molecule has 0 spiro atoms. The number of carbonyl (C=O) groups excluding carboxylic acids is 1. The topological polar surface area (TPSA) is 72.7 Å². The van der Waals surface area contributed by atoms with Crippen molar-refractivity contribution < 1.29 is 4.79 Å². The summed E-state index contributed by atoms with van der Waals surface area (Å²) >= 11 is 6.12. The maximum absolute atomic E-state index is 12.4. The number of nitrogens with one attached hydrogen (secondary N) is 1. The second-order valence-corrected chi connectivity index (χ2v) is 5.39. The molecule has 1 N–H and O–H groups in total. The number of carbonyl (C=O) groups is 1. The molecule has 0 radical (unpaired) electrons. The number of halogens is 1. The first-order valence-electron chi connectivity index (χ1n) is 6.97. The molecule has 0 fully saturated rings. The first kappa shape index (κ1) is 15.2. The fourth-order valence-corrected chi connectivity index (χ4v) is 2.53. The van der Waals surface area contributed by atoms with E-state index < -0.39 is 0 Å². The summed E-state index contributed by atoms with van der Waals surface area (Å²) in [5, 5.41) is 7.13. The standard InChI is InChI=1S/C16H14ClN5O/c1-10-9-11(2)19-15(17)14(10)21-16(23)12-5-3-6-13(20-12)22-8-4-7-18-22/h3-9H,1-2H3,(H,21,23). The summed E-state index contributed by atoms with van der Waals surface area (Å²) in [6, 6.07) is 8.80. The monoisotopic (exact) mass is 327 g/mol. The van der Waals surface area contributed by atoms with Gasteiger partial charge in [-0.2, -0.15) is 5.10 Å². The van der Waals surface area contributed by atoms with Crippen LogP contribution in [0.5, 0.6) is 0 Å². The zero-order valence-corrected chi connectivity index (χ0v) is 13.4. The third-order valence-electron chi connectivity index (χ3n) is 3.25. The van der Waals surface area contributed by atoms with E-state index in [2.05, 4.69) is 20.4 Å². The molecule has 0 unspecified atom stereocenters. The lowest BCUT2D eigenvalue weighted by atomic mass is 10.2. The molecule has 7 heteroatoms. The van der Waals surface area contributed by atoms with Gasteiger partial charge in [-0.3, -0.25) is 4.79 Å².